The fraction of sp³-hybridized carbons (Fsp3) is 0.333. The Morgan fingerprint density at radius 1 is 1.35 bits per heavy atom. The average Bonchev–Trinajstić information content (AvgIpc) is 2.85. The molecule has 0 radical (unpaired) electrons. The van der Waals surface area contributed by atoms with Crippen LogP contribution in [0.2, 0.25) is 0 Å². The Kier molecular flexibility index (Phi) is 3.72. The highest BCUT2D eigenvalue weighted by Crippen LogP contribution is 2.27. The zero-order valence-corrected chi connectivity index (χ0v) is 9.72. The van der Waals surface area contributed by atoms with Gasteiger partial charge in [-0.2, -0.15) is 4.98 Å². The molecule has 1 aromatic heterocycles. The van der Waals surface area contributed by atoms with Crippen LogP contribution in [-0.4, -0.2) is 23.8 Å². The van der Waals surface area contributed by atoms with Crippen molar-refractivity contribution in [3.63, 3.8) is 0 Å². The van der Waals surface area contributed by atoms with Gasteiger partial charge < -0.3 is 15.0 Å². The fourth-order valence-electron chi connectivity index (χ4n) is 1.55. The molecule has 0 aliphatic heterocycles. The first kappa shape index (κ1) is 11.6. The number of para-hydroxylation sites is 1. The second kappa shape index (κ2) is 5.45. The van der Waals surface area contributed by atoms with E-state index in [1.807, 2.05) is 24.3 Å². The second-order valence-electron chi connectivity index (χ2n) is 3.61. The number of ether oxygens (including phenoxy) is 1. The number of hydrogen-bond acceptors (Lipinski definition) is 5. The van der Waals surface area contributed by atoms with Gasteiger partial charge in [0.15, 0.2) is 5.82 Å². The molecular formula is C12H15N3O2. The van der Waals surface area contributed by atoms with E-state index in [0.717, 1.165) is 24.2 Å². The van der Waals surface area contributed by atoms with Crippen LogP contribution in [0, 0.1) is 0 Å². The van der Waals surface area contributed by atoms with Gasteiger partial charge in [0.05, 0.1) is 12.7 Å². The summed E-state index contributed by atoms with van der Waals surface area (Å²) < 4.78 is 10.5. The highest BCUT2D eigenvalue weighted by atomic mass is 16.5. The van der Waals surface area contributed by atoms with Crippen molar-refractivity contribution in [3.05, 3.63) is 30.1 Å². The van der Waals surface area contributed by atoms with Crippen molar-refractivity contribution in [2.75, 3.05) is 13.7 Å². The normalized spacial score (nSPS) is 10.5. The molecule has 0 unspecified atom stereocenters. The Bertz CT molecular complexity index is 482. The number of aryl methyl sites for hydroxylation is 1. The maximum absolute atomic E-state index is 5.43. The number of methoxy groups -OCH3 is 1. The maximum Gasteiger partial charge on any atom is 0.261 e. The zero-order valence-electron chi connectivity index (χ0n) is 9.72. The summed E-state index contributed by atoms with van der Waals surface area (Å²) in [7, 11) is 1.62. The molecule has 0 fully saturated rings. The minimum Gasteiger partial charge on any atom is -0.496 e. The molecule has 1 heterocycles. The van der Waals surface area contributed by atoms with E-state index in [1.165, 1.54) is 0 Å². The van der Waals surface area contributed by atoms with Gasteiger partial charge in [0.1, 0.15) is 5.75 Å². The highest BCUT2D eigenvalue weighted by Gasteiger charge is 2.12. The molecule has 0 amide bonds. The Labute approximate surface area is 99.6 Å². The van der Waals surface area contributed by atoms with Crippen LogP contribution < -0.4 is 10.5 Å². The minimum atomic E-state index is 0.481. The van der Waals surface area contributed by atoms with Gasteiger partial charge in [0, 0.05) is 6.42 Å². The topological polar surface area (TPSA) is 74.2 Å². The van der Waals surface area contributed by atoms with E-state index < -0.39 is 0 Å². The van der Waals surface area contributed by atoms with Crippen molar-refractivity contribution in [1.82, 2.24) is 10.1 Å². The number of aromatic nitrogens is 2. The van der Waals surface area contributed by atoms with Gasteiger partial charge in [0.25, 0.3) is 5.89 Å². The van der Waals surface area contributed by atoms with Crippen LogP contribution >= 0.6 is 0 Å². The van der Waals surface area contributed by atoms with Crippen molar-refractivity contribution < 1.29 is 9.26 Å². The number of nitrogens with two attached hydrogens (primary N) is 1. The standard InChI is InChI=1S/C12H15N3O2/c1-16-10-6-3-2-5-9(10)12-14-11(15-17-12)7-4-8-13/h2-3,5-6H,4,7-8,13H2,1H3. The molecule has 5 nitrogen and oxygen atoms in total. The average molecular weight is 233 g/mol. The van der Waals surface area contributed by atoms with Crippen LogP contribution in [0.3, 0.4) is 0 Å². The molecule has 0 saturated carbocycles. The molecule has 0 saturated heterocycles. The van der Waals surface area contributed by atoms with Crippen molar-refractivity contribution in [2.24, 2.45) is 5.73 Å². The molecule has 2 rings (SSSR count). The smallest absolute Gasteiger partial charge is 0.261 e. The van der Waals surface area contributed by atoms with Crippen LogP contribution in [-0.2, 0) is 6.42 Å². The highest BCUT2D eigenvalue weighted by molar-refractivity contribution is 5.62. The maximum atomic E-state index is 5.43. The van der Waals surface area contributed by atoms with Crippen molar-refractivity contribution in [1.29, 1.82) is 0 Å². The van der Waals surface area contributed by atoms with E-state index in [-0.39, 0.29) is 0 Å². The van der Waals surface area contributed by atoms with Gasteiger partial charge in [-0.15, -0.1) is 0 Å². The van der Waals surface area contributed by atoms with Crippen LogP contribution in [0.4, 0.5) is 0 Å². The molecule has 0 bridgehead atoms. The number of benzene rings is 1. The molecule has 2 N–H and O–H groups in total. The number of nitrogens with zero attached hydrogens (tertiary/aromatic N) is 2. The second-order valence-corrected chi connectivity index (χ2v) is 3.61. The molecule has 17 heavy (non-hydrogen) atoms. The van der Waals surface area contributed by atoms with E-state index in [1.54, 1.807) is 7.11 Å². The first-order valence-corrected chi connectivity index (χ1v) is 5.51. The van der Waals surface area contributed by atoms with Crippen LogP contribution in [0.5, 0.6) is 5.75 Å². The SMILES string of the molecule is COc1ccccc1-c1nc(CCCN)no1. The summed E-state index contributed by atoms with van der Waals surface area (Å²) in [6.07, 6.45) is 1.58. The minimum absolute atomic E-state index is 0.481. The van der Waals surface area contributed by atoms with E-state index in [9.17, 15) is 0 Å². The van der Waals surface area contributed by atoms with Gasteiger partial charge in [-0.05, 0) is 25.1 Å². The molecule has 5 heteroatoms. The van der Waals surface area contributed by atoms with E-state index in [2.05, 4.69) is 10.1 Å². The molecule has 2 aromatic rings. The summed E-state index contributed by atoms with van der Waals surface area (Å²) in [6, 6.07) is 7.55. The number of hydrogen-bond donors (Lipinski definition) is 1. The lowest BCUT2D eigenvalue weighted by Gasteiger charge is -2.02. The van der Waals surface area contributed by atoms with E-state index in [4.69, 9.17) is 15.0 Å². The Morgan fingerprint density at radius 2 is 2.18 bits per heavy atom. The van der Waals surface area contributed by atoms with Gasteiger partial charge in [-0.3, -0.25) is 0 Å². The number of rotatable bonds is 5. The largest absolute Gasteiger partial charge is 0.496 e. The molecular weight excluding hydrogens is 218 g/mol. The van der Waals surface area contributed by atoms with Crippen LogP contribution in [0.25, 0.3) is 11.5 Å². The molecule has 0 aliphatic carbocycles. The molecule has 1 aromatic carbocycles. The summed E-state index contributed by atoms with van der Waals surface area (Å²) in [5.41, 5.74) is 6.24. The van der Waals surface area contributed by atoms with Crippen molar-refractivity contribution >= 4 is 0 Å². The fourth-order valence-corrected chi connectivity index (χ4v) is 1.55. The van der Waals surface area contributed by atoms with Crippen LogP contribution in [0.15, 0.2) is 28.8 Å². The van der Waals surface area contributed by atoms with E-state index in [0.29, 0.717) is 18.3 Å². The lowest BCUT2D eigenvalue weighted by atomic mass is 10.2. The summed E-state index contributed by atoms with van der Waals surface area (Å²) in [5.74, 6) is 1.88. The lowest BCUT2D eigenvalue weighted by molar-refractivity contribution is 0.402. The van der Waals surface area contributed by atoms with Crippen molar-refractivity contribution in [2.45, 2.75) is 12.8 Å². The molecule has 0 atom stereocenters. The third-order valence-corrected chi connectivity index (χ3v) is 2.41. The summed E-state index contributed by atoms with van der Waals surface area (Å²) in [6.45, 7) is 0.624. The third kappa shape index (κ3) is 2.62. The Morgan fingerprint density at radius 3 is 2.94 bits per heavy atom. The predicted molar refractivity (Wildman–Crippen MR) is 63.7 cm³/mol. The summed E-state index contributed by atoms with van der Waals surface area (Å²) >= 11 is 0. The van der Waals surface area contributed by atoms with Gasteiger partial charge in [-0.25, -0.2) is 0 Å². The first-order valence-electron chi connectivity index (χ1n) is 5.51. The van der Waals surface area contributed by atoms with Gasteiger partial charge in [0.2, 0.25) is 0 Å². The lowest BCUT2D eigenvalue weighted by Crippen LogP contribution is -2.01. The van der Waals surface area contributed by atoms with Gasteiger partial charge in [-0.1, -0.05) is 17.3 Å². The summed E-state index contributed by atoms with van der Waals surface area (Å²) in [5, 5.41) is 3.91. The quantitative estimate of drug-likeness (QED) is 0.849. The van der Waals surface area contributed by atoms with Crippen LogP contribution in [0.1, 0.15) is 12.2 Å². The van der Waals surface area contributed by atoms with Crippen molar-refractivity contribution in [3.8, 4) is 17.2 Å². The first-order chi connectivity index (χ1) is 8.35. The Hall–Kier alpha value is -1.88. The summed E-state index contributed by atoms with van der Waals surface area (Å²) in [4.78, 5) is 4.31. The third-order valence-electron chi connectivity index (χ3n) is 2.41. The molecule has 90 valence electrons. The van der Waals surface area contributed by atoms with E-state index >= 15 is 0 Å². The zero-order chi connectivity index (χ0) is 12.1. The molecule has 0 spiro atoms. The Balaban J connectivity index is 2.24. The van der Waals surface area contributed by atoms with Gasteiger partial charge >= 0.3 is 0 Å². The molecule has 0 aliphatic rings. The predicted octanol–water partition coefficient (Wildman–Crippen LogP) is 1.64. The monoisotopic (exact) mass is 233 g/mol.